The summed E-state index contributed by atoms with van der Waals surface area (Å²) in [5, 5.41) is 21.9. The number of aromatic carboxylic acids is 1. The fourth-order valence-corrected chi connectivity index (χ4v) is 5.99. The molecule has 0 aliphatic carbocycles. The van der Waals surface area contributed by atoms with Crippen molar-refractivity contribution in [3.8, 4) is 11.1 Å². The predicted octanol–water partition coefficient (Wildman–Crippen LogP) is 6.52. The third-order valence-corrected chi connectivity index (χ3v) is 8.32. The molecule has 42 heavy (non-hydrogen) atoms. The van der Waals surface area contributed by atoms with Gasteiger partial charge in [-0.2, -0.15) is 0 Å². The number of rotatable bonds is 10. The quantitative estimate of drug-likeness (QED) is 0.183. The van der Waals surface area contributed by atoms with Crippen LogP contribution < -0.4 is 5.32 Å². The van der Waals surface area contributed by atoms with Crippen LogP contribution in [0.15, 0.2) is 102 Å². The smallest absolute Gasteiger partial charge is 0.336 e. The summed E-state index contributed by atoms with van der Waals surface area (Å²) in [7, 11) is 0. The highest BCUT2D eigenvalue weighted by Gasteiger charge is 2.32. The van der Waals surface area contributed by atoms with Crippen molar-refractivity contribution in [2.45, 2.75) is 49.9 Å². The van der Waals surface area contributed by atoms with Crippen LogP contribution in [0.25, 0.3) is 11.1 Å². The second kappa shape index (κ2) is 13.8. The third-order valence-electron chi connectivity index (χ3n) is 7.12. The topological polar surface area (TPSA) is 105 Å². The summed E-state index contributed by atoms with van der Waals surface area (Å²) in [6.07, 6.45) is -0.490. The van der Waals surface area contributed by atoms with Crippen molar-refractivity contribution in [1.29, 1.82) is 0 Å². The Morgan fingerprint density at radius 1 is 0.857 bits per heavy atom. The van der Waals surface area contributed by atoms with Crippen LogP contribution in [0.2, 0.25) is 0 Å². The maximum Gasteiger partial charge on any atom is 0.336 e. The summed E-state index contributed by atoms with van der Waals surface area (Å²) in [6, 6.07) is 30.8. The normalized spacial score (nSPS) is 18.4. The van der Waals surface area contributed by atoms with Gasteiger partial charge in [0.1, 0.15) is 0 Å². The molecule has 0 spiro atoms. The van der Waals surface area contributed by atoms with Crippen LogP contribution in [0.1, 0.15) is 58.4 Å². The molecule has 1 amide bonds. The number of carboxylic acids is 1. The van der Waals surface area contributed by atoms with E-state index < -0.39 is 12.3 Å². The number of hydrogen-bond donors (Lipinski definition) is 3. The summed E-state index contributed by atoms with van der Waals surface area (Å²) >= 11 is 1.47. The number of thioether (sulfide) groups is 1. The maximum absolute atomic E-state index is 11.7. The van der Waals surface area contributed by atoms with E-state index in [-0.39, 0.29) is 30.3 Å². The lowest BCUT2D eigenvalue weighted by Gasteiger charge is -2.36. The highest BCUT2D eigenvalue weighted by molar-refractivity contribution is 7.99. The van der Waals surface area contributed by atoms with Gasteiger partial charge >= 0.3 is 5.97 Å². The van der Waals surface area contributed by atoms with E-state index in [9.17, 15) is 19.8 Å². The molecular formula is C34H33NO6S. The zero-order chi connectivity index (χ0) is 29.5. The van der Waals surface area contributed by atoms with Crippen molar-refractivity contribution in [1.82, 2.24) is 5.32 Å². The highest BCUT2D eigenvalue weighted by Crippen LogP contribution is 2.40. The number of nitrogens with one attached hydrogen (secondary N) is 1. The Morgan fingerprint density at radius 3 is 2.33 bits per heavy atom. The van der Waals surface area contributed by atoms with Crippen LogP contribution >= 0.6 is 11.8 Å². The molecule has 1 saturated heterocycles. The van der Waals surface area contributed by atoms with E-state index in [1.54, 1.807) is 12.1 Å². The van der Waals surface area contributed by atoms with Gasteiger partial charge in [-0.05, 0) is 52.1 Å². The molecule has 0 aromatic heterocycles. The number of amides is 1. The summed E-state index contributed by atoms with van der Waals surface area (Å²) in [5.41, 5.74) is 5.98. The van der Waals surface area contributed by atoms with Crippen LogP contribution in [0, 0.1) is 0 Å². The van der Waals surface area contributed by atoms with Crippen molar-refractivity contribution in [2.24, 2.45) is 0 Å². The summed E-state index contributed by atoms with van der Waals surface area (Å²) in [5.74, 6) is -0.474. The summed E-state index contributed by atoms with van der Waals surface area (Å²) in [4.78, 5) is 23.8. The molecule has 0 unspecified atom stereocenters. The molecule has 8 heteroatoms. The lowest BCUT2D eigenvalue weighted by atomic mass is 9.99. The molecular weight excluding hydrogens is 550 g/mol. The predicted molar refractivity (Wildman–Crippen MR) is 162 cm³/mol. The molecule has 7 nitrogen and oxygen atoms in total. The number of carbonyl (C=O) groups is 2. The first-order valence-corrected chi connectivity index (χ1v) is 14.8. The van der Waals surface area contributed by atoms with Gasteiger partial charge in [-0.3, -0.25) is 4.79 Å². The number of carbonyl (C=O) groups excluding carboxylic acids is 1. The average molecular weight is 584 g/mol. The molecule has 1 aliphatic heterocycles. The molecule has 4 aromatic rings. The number of aliphatic hydroxyl groups excluding tert-OH is 1. The number of hydrogen-bond acceptors (Lipinski definition) is 6. The van der Waals surface area contributed by atoms with Gasteiger partial charge in [0.25, 0.3) is 0 Å². The van der Waals surface area contributed by atoms with Crippen molar-refractivity contribution in [2.75, 3.05) is 5.75 Å². The summed E-state index contributed by atoms with van der Waals surface area (Å²) in [6.45, 7) is 1.93. The molecule has 1 aliphatic rings. The van der Waals surface area contributed by atoms with Crippen molar-refractivity contribution in [3.05, 3.63) is 125 Å². The molecule has 0 saturated carbocycles. The Hall–Kier alpha value is -3.95. The van der Waals surface area contributed by atoms with Gasteiger partial charge in [0, 0.05) is 36.1 Å². The zero-order valence-electron chi connectivity index (χ0n) is 23.2. The Morgan fingerprint density at radius 2 is 1.60 bits per heavy atom. The van der Waals surface area contributed by atoms with Gasteiger partial charge in [0.05, 0.1) is 24.4 Å². The first-order valence-electron chi connectivity index (χ1n) is 13.8. The second-order valence-corrected chi connectivity index (χ2v) is 11.3. The van der Waals surface area contributed by atoms with Gasteiger partial charge in [0.15, 0.2) is 6.29 Å². The minimum absolute atomic E-state index is 0.0292. The van der Waals surface area contributed by atoms with Crippen molar-refractivity contribution >= 4 is 23.6 Å². The van der Waals surface area contributed by atoms with Gasteiger partial charge in [-0.25, -0.2) is 4.79 Å². The number of benzene rings is 4. The van der Waals surface area contributed by atoms with E-state index in [1.807, 2.05) is 72.8 Å². The molecule has 3 atom stereocenters. The molecule has 1 heterocycles. The minimum atomic E-state index is -0.955. The van der Waals surface area contributed by atoms with Gasteiger partial charge in [-0.15, -0.1) is 11.8 Å². The molecule has 4 aromatic carbocycles. The third kappa shape index (κ3) is 7.46. The van der Waals surface area contributed by atoms with E-state index in [0.29, 0.717) is 23.6 Å². The molecule has 0 radical (unpaired) electrons. The molecule has 216 valence electrons. The highest BCUT2D eigenvalue weighted by atomic mass is 32.2. The van der Waals surface area contributed by atoms with Crippen LogP contribution in [0.3, 0.4) is 0 Å². The first-order chi connectivity index (χ1) is 20.4. The SMILES string of the molecule is CC(=O)NCc1cccc(-c2cccc([C@@H]3O[C@H](CSc4ccccc4C(=O)O)C[C@H](c4ccc(CO)cc4)O3)c2)c1. The molecule has 3 N–H and O–H groups in total. The van der Waals surface area contributed by atoms with Gasteiger partial charge in [0.2, 0.25) is 5.91 Å². The van der Waals surface area contributed by atoms with Crippen LogP contribution in [-0.2, 0) is 27.4 Å². The maximum atomic E-state index is 11.7. The van der Waals surface area contributed by atoms with E-state index in [0.717, 1.165) is 33.4 Å². The van der Waals surface area contributed by atoms with Crippen LogP contribution in [0.5, 0.6) is 0 Å². The van der Waals surface area contributed by atoms with E-state index >= 15 is 0 Å². The lowest BCUT2D eigenvalue weighted by molar-refractivity contribution is -0.245. The van der Waals surface area contributed by atoms with Gasteiger partial charge < -0.3 is 25.0 Å². The van der Waals surface area contributed by atoms with E-state index in [1.165, 1.54) is 18.7 Å². The number of aliphatic hydroxyl groups is 1. The Balaban J connectivity index is 1.40. The minimum Gasteiger partial charge on any atom is -0.478 e. The zero-order valence-corrected chi connectivity index (χ0v) is 24.1. The Bertz CT molecular complexity index is 1540. The van der Waals surface area contributed by atoms with E-state index in [2.05, 4.69) is 17.4 Å². The Kier molecular flexibility index (Phi) is 9.71. The largest absolute Gasteiger partial charge is 0.478 e. The standard InChI is InChI=1S/C34H33NO6S/c1-22(37)35-19-24-6-4-7-26(16-24)27-8-5-9-28(17-27)34-40-29(21-42-32-11-3-2-10-30(32)33(38)39)18-31(41-34)25-14-12-23(20-36)13-15-25/h2-17,29,31,34,36H,18-21H2,1H3,(H,35,37)(H,38,39)/t29-,31+,34+/m0/s1. The van der Waals surface area contributed by atoms with Gasteiger partial charge in [-0.1, -0.05) is 72.8 Å². The summed E-state index contributed by atoms with van der Waals surface area (Å²) < 4.78 is 13.0. The fourth-order valence-electron chi connectivity index (χ4n) is 4.93. The molecule has 5 rings (SSSR count). The second-order valence-electron chi connectivity index (χ2n) is 10.2. The van der Waals surface area contributed by atoms with Crippen molar-refractivity contribution < 1.29 is 29.3 Å². The first kappa shape index (κ1) is 29.5. The van der Waals surface area contributed by atoms with E-state index in [4.69, 9.17) is 9.47 Å². The van der Waals surface area contributed by atoms with Crippen LogP contribution in [0.4, 0.5) is 0 Å². The fraction of sp³-hybridized carbons (Fsp3) is 0.235. The lowest BCUT2D eigenvalue weighted by Crippen LogP contribution is -2.31. The number of ether oxygens (including phenoxy) is 2. The molecule has 0 bridgehead atoms. The molecule has 1 fully saturated rings. The monoisotopic (exact) mass is 583 g/mol. The van der Waals surface area contributed by atoms with Crippen LogP contribution in [-0.4, -0.2) is 33.9 Å². The number of carboxylic acid groups (broad SMARTS) is 1. The van der Waals surface area contributed by atoms with Crippen molar-refractivity contribution in [3.63, 3.8) is 0 Å². The average Bonchev–Trinajstić information content (AvgIpc) is 3.03. The Labute approximate surface area is 249 Å².